The van der Waals surface area contributed by atoms with Crippen LogP contribution in [0.5, 0.6) is 0 Å². The molecule has 1 unspecified atom stereocenters. The summed E-state index contributed by atoms with van der Waals surface area (Å²) in [4.78, 5) is 23.3. The number of fused-ring (bicyclic) bond motifs is 1. The monoisotopic (exact) mass is 426 g/mol. The molecular formula is C17H17F3N6O2S. The van der Waals surface area contributed by atoms with Crippen molar-refractivity contribution in [3.8, 4) is 0 Å². The van der Waals surface area contributed by atoms with Crippen molar-refractivity contribution in [1.29, 1.82) is 0 Å². The molecule has 0 radical (unpaired) electrons. The minimum Gasteiger partial charge on any atom is -0.453 e. The summed E-state index contributed by atoms with van der Waals surface area (Å²) in [7, 11) is 3.05. The molecule has 1 amide bonds. The summed E-state index contributed by atoms with van der Waals surface area (Å²) >= 11 is 0.997. The lowest BCUT2D eigenvalue weighted by Crippen LogP contribution is -2.11. The van der Waals surface area contributed by atoms with Crippen molar-refractivity contribution in [3.05, 3.63) is 35.9 Å². The first-order valence-electron chi connectivity index (χ1n) is 8.27. The molecule has 154 valence electrons. The lowest BCUT2D eigenvalue weighted by atomic mass is 10.2. The Kier molecular flexibility index (Phi) is 5.55. The van der Waals surface area contributed by atoms with Crippen molar-refractivity contribution in [2.24, 2.45) is 7.05 Å². The molecule has 29 heavy (non-hydrogen) atoms. The number of halogens is 3. The number of hydrogen-bond donors (Lipinski definition) is 2. The third-order valence-electron chi connectivity index (χ3n) is 4.03. The van der Waals surface area contributed by atoms with E-state index < -0.39 is 18.0 Å². The van der Waals surface area contributed by atoms with E-state index in [0.717, 1.165) is 17.3 Å². The highest BCUT2D eigenvalue weighted by Crippen LogP contribution is 2.36. The number of nitrogens with one attached hydrogen (secondary N) is 1. The second-order valence-corrected chi connectivity index (χ2v) is 7.42. The van der Waals surface area contributed by atoms with Gasteiger partial charge >= 0.3 is 12.3 Å². The summed E-state index contributed by atoms with van der Waals surface area (Å²) in [6.07, 6.45) is -1.91. The van der Waals surface area contributed by atoms with E-state index in [4.69, 9.17) is 5.73 Å². The maximum absolute atomic E-state index is 12.9. The fourth-order valence-corrected chi connectivity index (χ4v) is 3.51. The molecule has 0 spiro atoms. The van der Waals surface area contributed by atoms with Gasteiger partial charge in [-0.2, -0.15) is 13.2 Å². The minimum atomic E-state index is -4.62. The van der Waals surface area contributed by atoms with E-state index in [1.165, 1.54) is 7.11 Å². The first-order chi connectivity index (χ1) is 13.6. The van der Waals surface area contributed by atoms with Crippen LogP contribution < -0.4 is 11.1 Å². The van der Waals surface area contributed by atoms with E-state index in [1.54, 1.807) is 37.0 Å². The molecule has 3 aromatic rings. The SMILES string of the molecule is COC(=O)Nc1cn(C)c2cnc(C(C)Sc3nc(N)cc(C(F)(F)F)n3)cc12. The van der Waals surface area contributed by atoms with Crippen molar-refractivity contribution in [3.63, 3.8) is 0 Å². The molecule has 1 atom stereocenters. The van der Waals surface area contributed by atoms with Gasteiger partial charge in [-0.05, 0) is 13.0 Å². The van der Waals surface area contributed by atoms with Gasteiger partial charge in [0.25, 0.3) is 0 Å². The van der Waals surface area contributed by atoms with Gasteiger partial charge in [-0.15, -0.1) is 0 Å². The van der Waals surface area contributed by atoms with Crippen LogP contribution in [-0.4, -0.2) is 32.7 Å². The zero-order chi connectivity index (χ0) is 21.3. The van der Waals surface area contributed by atoms with Crippen LogP contribution in [-0.2, 0) is 18.0 Å². The molecule has 0 aromatic carbocycles. The van der Waals surface area contributed by atoms with E-state index in [9.17, 15) is 18.0 Å². The highest BCUT2D eigenvalue weighted by Gasteiger charge is 2.33. The first kappa shape index (κ1) is 20.7. The van der Waals surface area contributed by atoms with Crippen LogP contribution in [0.3, 0.4) is 0 Å². The number of nitrogen functional groups attached to an aromatic ring is 1. The van der Waals surface area contributed by atoms with Crippen LogP contribution in [0.2, 0.25) is 0 Å². The van der Waals surface area contributed by atoms with Crippen LogP contribution in [0.15, 0.2) is 29.7 Å². The van der Waals surface area contributed by atoms with E-state index >= 15 is 0 Å². The molecule has 3 heterocycles. The number of pyridine rings is 1. The molecule has 0 aliphatic carbocycles. The van der Waals surface area contributed by atoms with Crippen molar-refractivity contribution < 1.29 is 22.7 Å². The highest BCUT2D eigenvalue weighted by atomic mass is 32.2. The maximum Gasteiger partial charge on any atom is 0.433 e. The summed E-state index contributed by atoms with van der Waals surface area (Å²) in [6, 6.07) is 2.43. The molecule has 0 fully saturated rings. The molecule has 12 heteroatoms. The van der Waals surface area contributed by atoms with E-state index in [0.29, 0.717) is 22.8 Å². The molecule has 0 bridgehead atoms. The van der Waals surface area contributed by atoms with Crippen molar-refractivity contribution >= 4 is 40.3 Å². The van der Waals surface area contributed by atoms with Crippen LogP contribution in [0.25, 0.3) is 10.9 Å². The van der Waals surface area contributed by atoms with Gasteiger partial charge in [-0.3, -0.25) is 10.3 Å². The smallest absolute Gasteiger partial charge is 0.433 e. The molecule has 3 N–H and O–H groups in total. The zero-order valence-electron chi connectivity index (χ0n) is 15.6. The Morgan fingerprint density at radius 2 is 2.07 bits per heavy atom. The maximum atomic E-state index is 12.9. The van der Waals surface area contributed by atoms with Gasteiger partial charge in [-0.1, -0.05) is 11.8 Å². The number of amides is 1. The number of rotatable bonds is 4. The van der Waals surface area contributed by atoms with Crippen LogP contribution >= 0.6 is 11.8 Å². The van der Waals surface area contributed by atoms with Crippen molar-refractivity contribution in [2.75, 3.05) is 18.2 Å². The molecule has 0 aliphatic rings. The second-order valence-electron chi connectivity index (χ2n) is 6.12. The van der Waals surface area contributed by atoms with Crippen molar-refractivity contribution in [2.45, 2.75) is 23.5 Å². The third-order valence-corrected chi connectivity index (χ3v) is 5.02. The lowest BCUT2D eigenvalue weighted by molar-refractivity contribution is -0.141. The van der Waals surface area contributed by atoms with Gasteiger partial charge in [0.05, 0.1) is 35.5 Å². The van der Waals surface area contributed by atoms with E-state index in [-0.39, 0.29) is 16.2 Å². The number of hydrogen-bond acceptors (Lipinski definition) is 7. The average molecular weight is 426 g/mol. The van der Waals surface area contributed by atoms with Gasteiger partial charge in [0.1, 0.15) is 5.82 Å². The summed E-state index contributed by atoms with van der Waals surface area (Å²) in [6.45, 7) is 1.76. The fraction of sp³-hybridized carbons (Fsp3) is 0.294. The van der Waals surface area contributed by atoms with Gasteiger partial charge in [0.15, 0.2) is 10.9 Å². The fourth-order valence-electron chi connectivity index (χ4n) is 2.64. The number of aromatic nitrogens is 4. The van der Waals surface area contributed by atoms with Crippen LogP contribution in [0, 0.1) is 0 Å². The number of carbonyl (C=O) groups is 1. The minimum absolute atomic E-state index is 0.104. The van der Waals surface area contributed by atoms with E-state index in [1.807, 2.05) is 0 Å². The predicted molar refractivity (Wildman–Crippen MR) is 102 cm³/mol. The number of anilines is 2. The van der Waals surface area contributed by atoms with Gasteiger partial charge in [-0.25, -0.2) is 14.8 Å². The summed E-state index contributed by atoms with van der Waals surface area (Å²) in [5.41, 5.74) is 6.25. The van der Waals surface area contributed by atoms with Gasteiger partial charge in [0, 0.05) is 24.7 Å². The second kappa shape index (κ2) is 7.78. The Morgan fingerprint density at radius 1 is 1.34 bits per heavy atom. The number of alkyl halides is 3. The summed E-state index contributed by atoms with van der Waals surface area (Å²) < 4.78 is 45.2. The number of aryl methyl sites for hydroxylation is 1. The quantitative estimate of drug-likeness (QED) is 0.480. The van der Waals surface area contributed by atoms with Gasteiger partial charge in [0.2, 0.25) is 0 Å². The van der Waals surface area contributed by atoms with Crippen molar-refractivity contribution in [1.82, 2.24) is 19.5 Å². The molecule has 3 aromatic heterocycles. The molecule has 8 nitrogen and oxygen atoms in total. The standard InChI is InChI=1S/C17H17F3N6O2S/c1-8(29-15-24-13(17(18,19)20)5-14(21)25-15)10-4-9-11(23-16(27)28-3)7-26(2)12(9)6-22-10/h4-8H,1-3H3,(H,23,27)(H2,21,24,25). The average Bonchev–Trinajstić information content (AvgIpc) is 2.95. The molecule has 0 saturated carbocycles. The summed E-state index contributed by atoms with van der Waals surface area (Å²) in [5, 5.41) is 2.84. The Balaban J connectivity index is 1.91. The van der Waals surface area contributed by atoms with Gasteiger partial charge < -0.3 is 15.0 Å². The number of nitrogens with zero attached hydrogens (tertiary/aromatic N) is 4. The number of carbonyl (C=O) groups excluding carboxylic acids is 1. The Hall–Kier alpha value is -3.02. The van der Waals surface area contributed by atoms with Crippen LogP contribution in [0.1, 0.15) is 23.6 Å². The molecule has 3 rings (SSSR count). The largest absolute Gasteiger partial charge is 0.453 e. The Bertz CT molecular complexity index is 1070. The number of methoxy groups -OCH3 is 1. The number of thioether (sulfide) groups is 1. The molecule has 0 aliphatic heterocycles. The zero-order valence-corrected chi connectivity index (χ0v) is 16.4. The highest BCUT2D eigenvalue weighted by molar-refractivity contribution is 7.99. The Morgan fingerprint density at radius 3 is 2.72 bits per heavy atom. The topological polar surface area (TPSA) is 108 Å². The summed E-state index contributed by atoms with van der Waals surface area (Å²) in [5.74, 6) is -0.266. The number of nitrogens with two attached hydrogens (primary N) is 1. The Labute approximate surface area is 167 Å². The normalized spacial score (nSPS) is 12.8. The van der Waals surface area contributed by atoms with Crippen LogP contribution in [0.4, 0.5) is 29.5 Å². The van der Waals surface area contributed by atoms with E-state index in [2.05, 4.69) is 25.0 Å². The molecular weight excluding hydrogens is 409 g/mol. The number of ether oxygens (including phenoxy) is 1. The lowest BCUT2D eigenvalue weighted by Gasteiger charge is -2.12. The predicted octanol–water partition coefficient (Wildman–Crippen LogP) is 4.00. The third kappa shape index (κ3) is 4.53. The first-order valence-corrected chi connectivity index (χ1v) is 9.14. The molecule has 0 saturated heterocycles.